The van der Waals surface area contributed by atoms with Gasteiger partial charge in [0.2, 0.25) is 0 Å². The lowest BCUT2D eigenvalue weighted by atomic mass is 10.0. The quantitative estimate of drug-likeness (QED) is 0.854. The van der Waals surface area contributed by atoms with Crippen molar-refractivity contribution >= 4 is 27.3 Å². The topological polar surface area (TPSA) is 33.2 Å². The first-order valence-electron chi connectivity index (χ1n) is 6.48. The van der Waals surface area contributed by atoms with Crippen LogP contribution in [-0.2, 0) is 17.0 Å². The van der Waals surface area contributed by atoms with Gasteiger partial charge in [-0.15, -0.1) is 11.3 Å². The fourth-order valence-corrected chi connectivity index (χ4v) is 5.03. The predicted octanol–water partition coefficient (Wildman–Crippen LogP) is 3.29. The third-order valence-electron chi connectivity index (χ3n) is 3.85. The Morgan fingerprint density at radius 2 is 2.10 bits per heavy atom. The first-order valence-corrected chi connectivity index (χ1v) is 8.68. The standard InChI is InChI=1S/C12H17F3N2OS2/c1-3-11(4-2)8-17(5-6-20(11)18)10-16-9(7-19-10)12(13,14)15/h7H,3-6,8H2,1-2H3. The zero-order chi connectivity index (χ0) is 15.0. The Balaban J connectivity index is 2.22. The number of nitrogens with zero attached hydrogens (tertiary/aromatic N) is 2. The zero-order valence-corrected chi connectivity index (χ0v) is 13.0. The second kappa shape index (κ2) is 5.63. The highest BCUT2D eigenvalue weighted by molar-refractivity contribution is 7.86. The molecule has 8 heteroatoms. The number of alkyl halides is 3. The van der Waals surface area contributed by atoms with Gasteiger partial charge in [0.15, 0.2) is 10.8 Å². The number of rotatable bonds is 3. The van der Waals surface area contributed by atoms with Gasteiger partial charge < -0.3 is 4.90 Å². The molecule has 1 saturated heterocycles. The molecule has 1 aliphatic rings. The fraction of sp³-hybridized carbons (Fsp3) is 0.750. The molecule has 0 aromatic carbocycles. The van der Waals surface area contributed by atoms with Crippen molar-refractivity contribution in [1.82, 2.24) is 4.98 Å². The van der Waals surface area contributed by atoms with E-state index in [4.69, 9.17) is 0 Å². The van der Waals surface area contributed by atoms with Crippen molar-refractivity contribution in [3.63, 3.8) is 0 Å². The van der Waals surface area contributed by atoms with Crippen LogP contribution >= 0.6 is 11.3 Å². The smallest absolute Gasteiger partial charge is 0.346 e. The zero-order valence-electron chi connectivity index (χ0n) is 11.4. The summed E-state index contributed by atoms with van der Waals surface area (Å²) in [6, 6.07) is 0. The summed E-state index contributed by atoms with van der Waals surface area (Å²) in [7, 11) is -0.928. The molecule has 0 bridgehead atoms. The van der Waals surface area contributed by atoms with Gasteiger partial charge in [0, 0.05) is 35.0 Å². The van der Waals surface area contributed by atoms with Crippen LogP contribution in [0.2, 0.25) is 0 Å². The number of aromatic nitrogens is 1. The Morgan fingerprint density at radius 1 is 1.45 bits per heavy atom. The summed E-state index contributed by atoms with van der Waals surface area (Å²) in [6.45, 7) is 4.97. The molecule has 0 amide bonds. The van der Waals surface area contributed by atoms with E-state index in [0.717, 1.165) is 29.6 Å². The summed E-state index contributed by atoms with van der Waals surface area (Å²) >= 11 is 1.00. The lowest BCUT2D eigenvalue weighted by Gasteiger charge is -2.41. The van der Waals surface area contributed by atoms with E-state index in [-0.39, 0.29) is 4.75 Å². The van der Waals surface area contributed by atoms with Crippen LogP contribution in [-0.4, -0.2) is 32.8 Å². The first-order chi connectivity index (χ1) is 9.32. The van der Waals surface area contributed by atoms with Gasteiger partial charge in [-0.05, 0) is 12.8 Å². The summed E-state index contributed by atoms with van der Waals surface area (Å²) in [5.74, 6) is 0.489. The van der Waals surface area contributed by atoms with Gasteiger partial charge in [0.1, 0.15) is 0 Å². The van der Waals surface area contributed by atoms with Gasteiger partial charge in [-0.1, -0.05) is 13.8 Å². The van der Waals surface area contributed by atoms with Crippen LogP contribution in [0.3, 0.4) is 0 Å². The Hall–Kier alpha value is -0.630. The Bertz CT molecular complexity index is 497. The molecule has 1 unspecified atom stereocenters. The second-order valence-corrected chi connectivity index (χ2v) is 7.68. The van der Waals surface area contributed by atoms with Gasteiger partial charge in [-0.3, -0.25) is 4.21 Å². The maximum absolute atomic E-state index is 12.6. The third-order valence-corrected chi connectivity index (χ3v) is 6.98. The minimum Gasteiger partial charge on any atom is -0.346 e. The SMILES string of the molecule is CCC1(CC)CN(c2nc(C(F)(F)F)cs2)CCS1=O. The maximum atomic E-state index is 12.6. The van der Waals surface area contributed by atoms with Gasteiger partial charge >= 0.3 is 6.18 Å². The average molecular weight is 326 g/mol. The van der Waals surface area contributed by atoms with E-state index in [1.165, 1.54) is 0 Å². The number of hydrogen-bond donors (Lipinski definition) is 0. The molecule has 0 spiro atoms. The Morgan fingerprint density at radius 3 is 2.60 bits per heavy atom. The molecule has 1 aromatic rings. The van der Waals surface area contributed by atoms with Crippen molar-refractivity contribution in [2.75, 3.05) is 23.7 Å². The van der Waals surface area contributed by atoms with Crippen molar-refractivity contribution < 1.29 is 17.4 Å². The molecule has 0 N–H and O–H groups in total. The third kappa shape index (κ3) is 2.86. The molecular weight excluding hydrogens is 309 g/mol. The van der Waals surface area contributed by atoms with Crippen molar-refractivity contribution in [1.29, 1.82) is 0 Å². The maximum Gasteiger partial charge on any atom is 0.434 e. The highest BCUT2D eigenvalue weighted by Gasteiger charge is 2.40. The van der Waals surface area contributed by atoms with Gasteiger partial charge in [0.25, 0.3) is 0 Å². The first kappa shape index (κ1) is 15.8. The summed E-state index contributed by atoms with van der Waals surface area (Å²) in [5.41, 5.74) is -0.845. The molecule has 2 rings (SSSR count). The van der Waals surface area contributed by atoms with Crippen molar-refractivity contribution in [2.45, 2.75) is 37.6 Å². The minimum absolute atomic E-state index is 0.331. The van der Waals surface area contributed by atoms with Crippen LogP contribution in [0.5, 0.6) is 0 Å². The summed E-state index contributed by atoms with van der Waals surface area (Å²) in [4.78, 5) is 5.53. The van der Waals surface area contributed by atoms with E-state index in [2.05, 4.69) is 4.98 Å². The van der Waals surface area contributed by atoms with Crippen molar-refractivity contribution in [3.05, 3.63) is 11.1 Å². The molecule has 114 valence electrons. The van der Waals surface area contributed by atoms with E-state index in [1.807, 2.05) is 18.7 Å². The molecule has 0 aliphatic carbocycles. The Kier molecular flexibility index (Phi) is 4.44. The number of anilines is 1. The number of thiazole rings is 1. The lowest BCUT2D eigenvalue weighted by Crippen LogP contribution is -2.53. The number of halogens is 3. The van der Waals surface area contributed by atoms with Crippen LogP contribution in [0.25, 0.3) is 0 Å². The normalized spacial score (nSPS) is 23.1. The van der Waals surface area contributed by atoms with Crippen molar-refractivity contribution in [3.8, 4) is 0 Å². The molecular formula is C12H17F3N2OS2. The van der Waals surface area contributed by atoms with Crippen LogP contribution in [0.1, 0.15) is 32.4 Å². The molecule has 2 heterocycles. The van der Waals surface area contributed by atoms with Gasteiger partial charge in [-0.2, -0.15) is 13.2 Å². The second-order valence-electron chi connectivity index (χ2n) is 4.87. The summed E-state index contributed by atoms with van der Waals surface area (Å²) in [6.07, 6.45) is -2.89. The van der Waals surface area contributed by atoms with Gasteiger partial charge in [-0.25, -0.2) is 4.98 Å². The average Bonchev–Trinajstić information content (AvgIpc) is 2.89. The van der Waals surface area contributed by atoms with E-state index in [1.54, 1.807) is 0 Å². The fourth-order valence-electron chi connectivity index (χ4n) is 2.41. The molecule has 3 nitrogen and oxygen atoms in total. The molecule has 0 radical (unpaired) electrons. The van der Waals surface area contributed by atoms with Gasteiger partial charge in [0.05, 0.1) is 4.75 Å². The van der Waals surface area contributed by atoms with E-state index >= 15 is 0 Å². The molecule has 1 aliphatic heterocycles. The highest BCUT2D eigenvalue weighted by Crippen LogP contribution is 2.36. The van der Waals surface area contributed by atoms with E-state index in [0.29, 0.717) is 24.0 Å². The lowest BCUT2D eigenvalue weighted by molar-refractivity contribution is -0.140. The molecule has 20 heavy (non-hydrogen) atoms. The summed E-state index contributed by atoms with van der Waals surface area (Å²) in [5, 5.41) is 1.42. The van der Waals surface area contributed by atoms with E-state index in [9.17, 15) is 17.4 Å². The molecule has 1 aromatic heterocycles. The largest absolute Gasteiger partial charge is 0.434 e. The van der Waals surface area contributed by atoms with Crippen LogP contribution < -0.4 is 4.90 Å². The molecule has 1 atom stereocenters. The molecule has 0 saturated carbocycles. The predicted molar refractivity (Wildman–Crippen MR) is 75.7 cm³/mol. The van der Waals surface area contributed by atoms with E-state index < -0.39 is 22.7 Å². The van der Waals surface area contributed by atoms with Crippen LogP contribution in [0, 0.1) is 0 Å². The molecule has 1 fully saturated rings. The monoisotopic (exact) mass is 326 g/mol. The highest BCUT2D eigenvalue weighted by atomic mass is 32.2. The minimum atomic E-state index is -4.40. The van der Waals surface area contributed by atoms with Crippen LogP contribution in [0.4, 0.5) is 18.3 Å². The van der Waals surface area contributed by atoms with Crippen molar-refractivity contribution in [2.24, 2.45) is 0 Å². The number of hydrogen-bond acceptors (Lipinski definition) is 4. The van der Waals surface area contributed by atoms with Crippen LogP contribution in [0.15, 0.2) is 5.38 Å². The Labute approximate surface area is 122 Å². The summed E-state index contributed by atoms with van der Waals surface area (Å²) < 4.78 is 49.7.